The molecule has 0 radical (unpaired) electrons. The SMILES string of the molecule is O=C(Cn1c(COc2ccccc2)nc2ccccc21)Nc1cc2c(cc1Br)OCCO2. The molecule has 5 rings (SSSR count). The van der Waals surface area contributed by atoms with Crippen LogP contribution in [0.15, 0.2) is 71.2 Å². The summed E-state index contributed by atoms with van der Waals surface area (Å²) in [6, 6.07) is 20.8. The van der Waals surface area contributed by atoms with Gasteiger partial charge in [0.05, 0.1) is 16.7 Å². The number of hydrogen-bond donors (Lipinski definition) is 1. The Labute approximate surface area is 193 Å². The Balaban J connectivity index is 1.38. The molecule has 4 aromatic rings. The molecular formula is C24H20BrN3O4. The van der Waals surface area contributed by atoms with Crippen LogP contribution in [0.2, 0.25) is 0 Å². The van der Waals surface area contributed by atoms with Crippen molar-refractivity contribution in [2.45, 2.75) is 13.2 Å². The first-order chi connectivity index (χ1) is 15.7. The van der Waals surface area contributed by atoms with Gasteiger partial charge in [0.25, 0.3) is 0 Å². The van der Waals surface area contributed by atoms with Crippen LogP contribution in [0, 0.1) is 0 Å². The van der Waals surface area contributed by atoms with Crippen molar-refractivity contribution in [3.8, 4) is 17.2 Å². The van der Waals surface area contributed by atoms with E-state index in [-0.39, 0.29) is 19.1 Å². The molecule has 8 heteroatoms. The zero-order valence-electron chi connectivity index (χ0n) is 17.1. The van der Waals surface area contributed by atoms with E-state index >= 15 is 0 Å². The molecule has 0 atom stereocenters. The number of nitrogens with zero attached hydrogens (tertiary/aromatic N) is 2. The lowest BCUT2D eigenvalue weighted by molar-refractivity contribution is -0.116. The molecule has 162 valence electrons. The number of halogens is 1. The summed E-state index contributed by atoms with van der Waals surface area (Å²) in [6.45, 7) is 1.33. The van der Waals surface area contributed by atoms with Crippen molar-refractivity contribution in [1.29, 1.82) is 0 Å². The number of anilines is 1. The van der Waals surface area contributed by atoms with Gasteiger partial charge >= 0.3 is 0 Å². The first kappa shape index (κ1) is 20.4. The molecule has 32 heavy (non-hydrogen) atoms. The molecule has 0 fully saturated rings. The zero-order chi connectivity index (χ0) is 21.9. The monoisotopic (exact) mass is 493 g/mol. The van der Waals surface area contributed by atoms with E-state index in [1.54, 1.807) is 12.1 Å². The summed E-state index contributed by atoms with van der Waals surface area (Å²) in [7, 11) is 0. The third-order valence-corrected chi connectivity index (χ3v) is 5.71. The highest BCUT2D eigenvalue weighted by molar-refractivity contribution is 9.10. The van der Waals surface area contributed by atoms with Gasteiger partial charge in [-0.15, -0.1) is 0 Å². The van der Waals surface area contributed by atoms with Crippen LogP contribution in [0.3, 0.4) is 0 Å². The molecule has 1 aliphatic rings. The number of imidazole rings is 1. The largest absolute Gasteiger partial charge is 0.486 e. The van der Waals surface area contributed by atoms with Gasteiger partial charge in [-0.1, -0.05) is 30.3 Å². The summed E-state index contributed by atoms with van der Waals surface area (Å²) in [4.78, 5) is 17.7. The second kappa shape index (κ2) is 8.92. The molecule has 0 aliphatic carbocycles. The Kier molecular flexibility index (Phi) is 5.68. The van der Waals surface area contributed by atoms with E-state index in [0.29, 0.717) is 36.2 Å². The van der Waals surface area contributed by atoms with Crippen LogP contribution in [-0.2, 0) is 17.9 Å². The zero-order valence-corrected chi connectivity index (χ0v) is 18.7. The number of carbonyl (C=O) groups excluding carboxylic acids is 1. The maximum absolute atomic E-state index is 13.0. The molecule has 0 spiro atoms. The Morgan fingerprint density at radius 2 is 1.75 bits per heavy atom. The number of carbonyl (C=O) groups is 1. The number of amides is 1. The second-order valence-electron chi connectivity index (χ2n) is 7.23. The van der Waals surface area contributed by atoms with Crippen molar-refractivity contribution >= 4 is 38.6 Å². The maximum atomic E-state index is 13.0. The molecule has 0 saturated heterocycles. The molecule has 7 nitrogen and oxygen atoms in total. The minimum Gasteiger partial charge on any atom is -0.486 e. The lowest BCUT2D eigenvalue weighted by Gasteiger charge is -2.20. The number of nitrogens with one attached hydrogen (secondary N) is 1. The average molecular weight is 494 g/mol. The van der Waals surface area contributed by atoms with Gasteiger partial charge in [0.15, 0.2) is 11.5 Å². The summed E-state index contributed by atoms with van der Waals surface area (Å²) in [6.07, 6.45) is 0. The van der Waals surface area contributed by atoms with Gasteiger partial charge < -0.3 is 24.1 Å². The summed E-state index contributed by atoms with van der Waals surface area (Å²) >= 11 is 3.50. The molecule has 0 unspecified atom stereocenters. The van der Waals surface area contributed by atoms with Gasteiger partial charge in [-0.3, -0.25) is 4.79 Å². The van der Waals surface area contributed by atoms with Crippen LogP contribution in [0.5, 0.6) is 17.2 Å². The fourth-order valence-corrected chi connectivity index (χ4v) is 3.99. The predicted molar refractivity (Wildman–Crippen MR) is 124 cm³/mol. The van der Waals surface area contributed by atoms with Crippen molar-refractivity contribution in [2.24, 2.45) is 0 Å². The Morgan fingerprint density at radius 1 is 1.03 bits per heavy atom. The fourth-order valence-electron chi connectivity index (χ4n) is 3.57. The molecule has 1 N–H and O–H groups in total. The fraction of sp³-hybridized carbons (Fsp3) is 0.167. The number of rotatable bonds is 6. The first-order valence-electron chi connectivity index (χ1n) is 10.2. The predicted octanol–water partition coefficient (Wildman–Crippen LogP) is 4.79. The first-order valence-corrected chi connectivity index (χ1v) is 11.0. The van der Waals surface area contributed by atoms with Crippen molar-refractivity contribution < 1.29 is 19.0 Å². The summed E-state index contributed by atoms with van der Waals surface area (Å²) in [5, 5.41) is 2.95. The number of para-hydroxylation sites is 3. The summed E-state index contributed by atoms with van der Waals surface area (Å²) in [5.41, 5.74) is 2.30. The van der Waals surface area contributed by atoms with E-state index in [0.717, 1.165) is 21.3 Å². The number of ether oxygens (including phenoxy) is 3. The molecule has 1 amide bonds. The Bertz CT molecular complexity index is 1270. The molecule has 0 bridgehead atoms. The number of benzene rings is 3. The Hall–Kier alpha value is -3.52. The van der Waals surface area contributed by atoms with Gasteiger partial charge in [-0.25, -0.2) is 4.98 Å². The molecular weight excluding hydrogens is 474 g/mol. The van der Waals surface area contributed by atoms with Crippen molar-refractivity contribution in [2.75, 3.05) is 18.5 Å². The van der Waals surface area contributed by atoms with E-state index in [4.69, 9.17) is 14.2 Å². The van der Waals surface area contributed by atoms with Crippen LogP contribution in [0.25, 0.3) is 11.0 Å². The normalized spacial score (nSPS) is 12.5. The van der Waals surface area contributed by atoms with Gasteiger partial charge in [0.2, 0.25) is 5.91 Å². The van der Waals surface area contributed by atoms with Gasteiger partial charge in [-0.2, -0.15) is 0 Å². The van der Waals surface area contributed by atoms with E-state index in [9.17, 15) is 4.79 Å². The molecule has 1 aliphatic heterocycles. The molecule has 3 aromatic carbocycles. The van der Waals surface area contributed by atoms with Crippen LogP contribution in [0.1, 0.15) is 5.82 Å². The quantitative estimate of drug-likeness (QED) is 0.418. The number of fused-ring (bicyclic) bond motifs is 2. The van der Waals surface area contributed by atoms with Gasteiger partial charge in [-0.05, 0) is 40.2 Å². The maximum Gasteiger partial charge on any atom is 0.244 e. The smallest absolute Gasteiger partial charge is 0.244 e. The van der Waals surface area contributed by atoms with Crippen LogP contribution in [-0.4, -0.2) is 28.7 Å². The van der Waals surface area contributed by atoms with Crippen molar-refractivity contribution in [3.63, 3.8) is 0 Å². The van der Waals surface area contributed by atoms with Crippen molar-refractivity contribution in [3.05, 3.63) is 77.0 Å². The molecule has 2 heterocycles. The Morgan fingerprint density at radius 3 is 2.56 bits per heavy atom. The standard InChI is InChI=1S/C24H20BrN3O4/c25-17-12-21-22(31-11-10-30-21)13-19(17)27-24(29)14-28-20-9-5-4-8-18(20)26-23(28)15-32-16-6-2-1-3-7-16/h1-9,12-13H,10-11,14-15H2,(H,27,29). The average Bonchev–Trinajstić information content (AvgIpc) is 3.16. The summed E-state index contributed by atoms with van der Waals surface area (Å²) in [5.74, 6) is 2.50. The van der Waals surface area contributed by atoms with Crippen LogP contribution >= 0.6 is 15.9 Å². The van der Waals surface area contributed by atoms with Gasteiger partial charge in [0, 0.05) is 16.6 Å². The number of hydrogen-bond acceptors (Lipinski definition) is 5. The van der Waals surface area contributed by atoms with Gasteiger partial charge in [0.1, 0.15) is 37.9 Å². The lowest BCUT2D eigenvalue weighted by Crippen LogP contribution is -2.21. The van der Waals surface area contributed by atoms with Crippen LogP contribution in [0.4, 0.5) is 5.69 Å². The highest BCUT2D eigenvalue weighted by Crippen LogP contribution is 2.38. The van der Waals surface area contributed by atoms with E-state index in [1.807, 2.05) is 59.2 Å². The minimum atomic E-state index is -0.188. The van der Waals surface area contributed by atoms with E-state index < -0.39 is 0 Å². The van der Waals surface area contributed by atoms with Crippen LogP contribution < -0.4 is 19.5 Å². The molecule has 1 aromatic heterocycles. The third-order valence-electron chi connectivity index (χ3n) is 5.05. The lowest BCUT2D eigenvalue weighted by atomic mass is 10.2. The van der Waals surface area contributed by atoms with E-state index in [1.165, 1.54) is 0 Å². The van der Waals surface area contributed by atoms with Crippen molar-refractivity contribution in [1.82, 2.24) is 9.55 Å². The summed E-state index contributed by atoms with van der Waals surface area (Å²) < 4.78 is 19.7. The van der Waals surface area contributed by atoms with E-state index in [2.05, 4.69) is 26.2 Å². The topological polar surface area (TPSA) is 74.6 Å². The second-order valence-corrected chi connectivity index (χ2v) is 8.08. The highest BCUT2D eigenvalue weighted by atomic mass is 79.9. The molecule has 0 saturated carbocycles. The third kappa shape index (κ3) is 4.27. The number of aromatic nitrogens is 2. The highest BCUT2D eigenvalue weighted by Gasteiger charge is 2.18. The minimum absolute atomic E-state index is 0.0921.